The molecular weight excluding hydrogens is 414 g/mol. The zero-order valence-corrected chi connectivity index (χ0v) is 17.9. The molecule has 0 fully saturated rings. The van der Waals surface area contributed by atoms with Gasteiger partial charge in [-0.1, -0.05) is 6.92 Å². The number of benzene rings is 1. The lowest BCUT2D eigenvalue weighted by Crippen LogP contribution is -2.27. The fourth-order valence-electron chi connectivity index (χ4n) is 3.15. The third-order valence-electron chi connectivity index (χ3n) is 4.98. The van der Waals surface area contributed by atoms with Crippen molar-refractivity contribution in [3.05, 3.63) is 23.3 Å². The third-order valence-corrected chi connectivity index (χ3v) is 5.59. The molecule has 30 heavy (non-hydrogen) atoms. The molecule has 2 rings (SSSR count). The summed E-state index contributed by atoms with van der Waals surface area (Å²) < 4.78 is 30.7. The second-order valence-corrected chi connectivity index (χ2v) is 9.31. The van der Waals surface area contributed by atoms with Gasteiger partial charge in [0.25, 0.3) is 5.78 Å². The molecule has 2 atom stereocenters. The highest BCUT2D eigenvalue weighted by atomic mass is 32.2. The second-order valence-electron chi connectivity index (χ2n) is 7.56. The standard InChI is InChI=1S/C20H25NO8S/c1-11-7-8-16(23)19(25)15(22)6-4-5-13-9-14(21-30(3,27)28)10-17(24)18(13)20(26)29-12(11)2/h9-12,21,24H,4-8H2,1-3H3/t11-,12+/m1/s1. The number of phenolic OH excluding ortho intramolecular Hbond substituents is 1. The number of aromatic hydroxyl groups is 1. The molecule has 2 N–H and O–H groups in total. The highest BCUT2D eigenvalue weighted by Crippen LogP contribution is 2.30. The molecule has 1 aliphatic heterocycles. The molecule has 1 aromatic carbocycles. The van der Waals surface area contributed by atoms with Gasteiger partial charge in [0.1, 0.15) is 17.4 Å². The molecule has 0 aromatic heterocycles. The maximum absolute atomic E-state index is 12.7. The molecule has 1 heterocycles. The topological polar surface area (TPSA) is 144 Å². The van der Waals surface area contributed by atoms with Gasteiger partial charge in [0.2, 0.25) is 21.6 Å². The van der Waals surface area contributed by atoms with E-state index in [1.54, 1.807) is 13.8 Å². The number of anilines is 1. The van der Waals surface area contributed by atoms with Gasteiger partial charge in [-0.25, -0.2) is 13.2 Å². The van der Waals surface area contributed by atoms with E-state index in [1.807, 2.05) is 0 Å². The number of carbonyl (C=O) groups excluding carboxylic acids is 4. The Morgan fingerprint density at radius 1 is 1.03 bits per heavy atom. The molecule has 0 amide bonds. The molecule has 164 valence electrons. The summed E-state index contributed by atoms with van der Waals surface area (Å²) in [7, 11) is -3.63. The molecule has 0 saturated heterocycles. The van der Waals surface area contributed by atoms with Crippen LogP contribution in [0, 0.1) is 5.92 Å². The van der Waals surface area contributed by atoms with E-state index in [4.69, 9.17) is 4.74 Å². The van der Waals surface area contributed by atoms with Crippen LogP contribution in [-0.4, -0.2) is 49.2 Å². The van der Waals surface area contributed by atoms with Gasteiger partial charge in [-0.15, -0.1) is 0 Å². The van der Waals surface area contributed by atoms with Gasteiger partial charge >= 0.3 is 5.97 Å². The maximum Gasteiger partial charge on any atom is 0.342 e. The molecule has 9 nitrogen and oxygen atoms in total. The summed E-state index contributed by atoms with van der Waals surface area (Å²) in [5.41, 5.74) is 0.177. The summed E-state index contributed by atoms with van der Waals surface area (Å²) in [4.78, 5) is 48.7. The molecule has 0 aliphatic carbocycles. The Morgan fingerprint density at radius 2 is 1.67 bits per heavy atom. The van der Waals surface area contributed by atoms with E-state index in [9.17, 15) is 32.7 Å². The van der Waals surface area contributed by atoms with Crippen molar-refractivity contribution in [2.24, 2.45) is 5.92 Å². The predicted molar refractivity (Wildman–Crippen MR) is 108 cm³/mol. The number of aryl methyl sites for hydroxylation is 1. The predicted octanol–water partition coefficient (Wildman–Crippen LogP) is 1.77. The second kappa shape index (κ2) is 9.38. The Hall–Kier alpha value is -2.75. The number of Topliss-reactive ketones (excluding diaryl/α,β-unsaturated/α-hetero) is 3. The number of esters is 1. The van der Waals surface area contributed by atoms with Crippen LogP contribution >= 0.6 is 0 Å². The van der Waals surface area contributed by atoms with Gasteiger partial charge in [-0.05, 0) is 43.7 Å². The molecule has 10 heteroatoms. The Labute approximate surface area is 174 Å². The van der Waals surface area contributed by atoms with Gasteiger partial charge in [0.15, 0.2) is 0 Å². The molecule has 1 aromatic rings. The monoisotopic (exact) mass is 439 g/mol. The van der Waals surface area contributed by atoms with E-state index in [-0.39, 0.29) is 54.8 Å². The summed E-state index contributed by atoms with van der Waals surface area (Å²) in [6, 6.07) is 2.47. The molecule has 0 spiro atoms. The summed E-state index contributed by atoms with van der Waals surface area (Å²) in [6.45, 7) is 3.37. The Morgan fingerprint density at radius 3 is 2.30 bits per heavy atom. The first kappa shape index (κ1) is 23.5. The Bertz CT molecular complexity index is 983. The first-order valence-corrected chi connectivity index (χ1v) is 11.4. The van der Waals surface area contributed by atoms with Crippen LogP contribution in [0.3, 0.4) is 0 Å². The van der Waals surface area contributed by atoms with Crippen LogP contribution in [0.5, 0.6) is 5.75 Å². The number of hydrogen-bond acceptors (Lipinski definition) is 8. The van der Waals surface area contributed by atoms with E-state index in [1.165, 1.54) is 6.07 Å². The molecule has 0 bridgehead atoms. The highest BCUT2D eigenvalue weighted by Gasteiger charge is 2.27. The van der Waals surface area contributed by atoms with Crippen molar-refractivity contribution in [1.82, 2.24) is 0 Å². The van der Waals surface area contributed by atoms with E-state index in [2.05, 4.69) is 4.72 Å². The van der Waals surface area contributed by atoms with Gasteiger partial charge in [-0.2, -0.15) is 0 Å². The normalized spacial score (nSPS) is 22.1. The smallest absolute Gasteiger partial charge is 0.342 e. The van der Waals surface area contributed by atoms with E-state index in [0.29, 0.717) is 0 Å². The maximum atomic E-state index is 12.7. The fraction of sp³-hybridized carbons (Fsp3) is 0.500. The average Bonchev–Trinajstić information content (AvgIpc) is 2.62. The number of cyclic esters (lactones) is 1. The molecule has 1 aliphatic rings. The first-order valence-electron chi connectivity index (χ1n) is 9.54. The van der Waals surface area contributed by atoms with Crippen LogP contribution in [0.2, 0.25) is 0 Å². The lowest BCUT2D eigenvalue weighted by atomic mass is 9.94. The number of sulfonamides is 1. The molecular formula is C20H25NO8S. The van der Waals surface area contributed by atoms with Crippen LogP contribution in [0.25, 0.3) is 0 Å². The third kappa shape index (κ3) is 6.12. The fourth-order valence-corrected chi connectivity index (χ4v) is 3.70. The van der Waals surface area contributed by atoms with Gasteiger partial charge in [-0.3, -0.25) is 19.1 Å². The van der Waals surface area contributed by atoms with E-state index in [0.717, 1.165) is 12.3 Å². The van der Waals surface area contributed by atoms with Crippen LogP contribution < -0.4 is 4.72 Å². The lowest BCUT2D eigenvalue weighted by molar-refractivity contribution is -0.144. The number of rotatable bonds is 2. The largest absolute Gasteiger partial charge is 0.507 e. The van der Waals surface area contributed by atoms with Gasteiger partial charge in [0.05, 0.1) is 11.9 Å². The minimum atomic E-state index is -3.63. The van der Waals surface area contributed by atoms with Crippen molar-refractivity contribution in [2.75, 3.05) is 11.0 Å². The summed E-state index contributed by atoms with van der Waals surface area (Å²) in [5.74, 6) is -4.15. The highest BCUT2D eigenvalue weighted by molar-refractivity contribution is 7.92. The Kier molecular flexibility index (Phi) is 7.35. The summed E-state index contributed by atoms with van der Waals surface area (Å²) >= 11 is 0. The van der Waals surface area contributed by atoms with Crippen molar-refractivity contribution >= 4 is 39.0 Å². The number of phenols is 1. The van der Waals surface area contributed by atoms with Crippen molar-refractivity contribution in [1.29, 1.82) is 0 Å². The van der Waals surface area contributed by atoms with Crippen molar-refractivity contribution in [3.63, 3.8) is 0 Å². The Balaban J connectivity index is 2.45. The number of hydrogen-bond donors (Lipinski definition) is 2. The SMILES string of the molecule is C[C@@H]1CCC(=O)C(=O)C(=O)CCCc2cc(NS(C)(=O)=O)cc(O)c2C(=O)O[C@H]1C. The van der Waals surface area contributed by atoms with E-state index >= 15 is 0 Å². The quantitative estimate of drug-likeness (QED) is 0.524. The lowest BCUT2D eigenvalue weighted by Gasteiger charge is -2.22. The van der Waals surface area contributed by atoms with Crippen molar-refractivity contribution < 1.29 is 37.4 Å². The minimum Gasteiger partial charge on any atom is -0.507 e. The van der Waals surface area contributed by atoms with Crippen LogP contribution in [0.4, 0.5) is 5.69 Å². The van der Waals surface area contributed by atoms with Crippen molar-refractivity contribution in [2.45, 2.75) is 52.1 Å². The number of fused-ring (bicyclic) bond motifs is 1. The summed E-state index contributed by atoms with van der Waals surface area (Å²) in [6.07, 6.45) is 0.434. The molecule has 0 saturated carbocycles. The molecule has 0 radical (unpaired) electrons. The van der Waals surface area contributed by atoms with Crippen molar-refractivity contribution in [3.8, 4) is 5.75 Å². The number of carbonyl (C=O) groups is 4. The first-order chi connectivity index (χ1) is 13.9. The summed E-state index contributed by atoms with van der Waals surface area (Å²) in [5, 5.41) is 10.4. The number of ketones is 3. The van der Waals surface area contributed by atoms with Crippen LogP contribution in [0.15, 0.2) is 12.1 Å². The zero-order chi connectivity index (χ0) is 22.6. The number of ether oxygens (including phenoxy) is 1. The zero-order valence-electron chi connectivity index (χ0n) is 17.1. The average molecular weight is 439 g/mol. The number of nitrogens with one attached hydrogen (secondary N) is 1. The molecule has 0 unspecified atom stereocenters. The van der Waals surface area contributed by atoms with Crippen LogP contribution in [0.1, 0.15) is 55.5 Å². The van der Waals surface area contributed by atoms with E-state index < -0.39 is 45.2 Å². The van der Waals surface area contributed by atoms with Crippen LogP contribution in [-0.2, 0) is 35.6 Å². The minimum absolute atomic E-state index is 0.0432. The van der Waals surface area contributed by atoms with Gasteiger partial charge in [0, 0.05) is 18.9 Å². The van der Waals surface area contributed by atoms with Gasteiger partial charge < -0.3 is 9.84 Å².